The van der Waals surface area contributed by atoms with Gasteiger partial charge < -0.3 is 16.2 Å². The number of hydrogen-bond donors (Lipinski definition) is 3. The third kappa shape index (κ3) is 7.46. The van der Waals surface area contributed by atoms with E-state index in [2.05, 4.69) is 5.32 Å². The number of aliphatic hydroxyl groups is 1. The third-order valence-electron chi connectivity index (χ3n) is 3.33. The lowest BCUT2D eigenvalue weighted by molar-refractivity contribution is -0.122. The van der Waals surface area contributed by atoms with E-state index < -0.39 is 6.04 Å². The molecule has 1 amide bonds. The zero-order valence-corrected chi connectivity index (χ0v) is 13.6. The first kappa shape index (κ1) is 19.9. The molecule has 4 nitrogen and oxygen atoms in total. The molecule has 0 aliphatic rings. The Labute approximate surface area is 133 Å². The van der Waals surface area contributed by atoms with Crippen molar-refractivity contribution in [3.05, 3.63) is 35.9 Å². The van der Waals surface area contributed by atoms with Gasteiger partial charge >= 0.3 is 0 Å². The van der Waals surface area contributed by atoms with E-state index in [9.17, 15) is 4.79 Å². The molecule has 0 saturated carbocycles. The fourth-order valence-electron chi connectivity index (χ4n) is 2.24. The van der Waals surface area contributed by atoms with Crippen molar-refractivity contribution in [2.75, 3.05) is 13.2 Å². The van der Waals surface area contributed by atoms with Crippen LogP contribution >= 0.6 is 12.4 Å². The van der Waals surface area contributed by atoms with Crippen molar-refractivity contribution in [1.29, 1.82) is 0 Å². The maximum absolute atomic E-state index is 11.9. The maximum Gasteiger partial charge on any atom is 0.236 e. The number of benzene rings is 1. The Hall–Kier alpha value is -1.10. The number of aliphatic hydroxyl groups excluding tert-OH is 1. The summed E-state index contributed by atoms with van der Waals surface area (Å²) in [6.07, 6.45) is 1.31. The van der Waals surface area contributed by atoms with Gasteiger partial charge in [-0.3, -0.25) is 4.79 Å². The number of carbonyl (C=O) groups is 1. The summed E-state index contributed by atoms with van der Waals surface area (Å²) < 4.78 is 0. The first-order valence-electron chi connectivity index (χ1n) is 7.23. The molecular weight excluding hydrogens is 288 g/mol. The highest BCUT2D eigenvalue weighted by molar-refractivity contribution is 5.85. The molecule has 0 saturated heterocycles. The lowest BCUT2D eigenvalue weighted by Gasteiger charge is -2.19. The topological polar surface area (TPSA) is 75.4 Å². The molecule has 5 heteroatoms. The predicted octanol–water partition coefficient (Wildman–Crippen LogP) is 2.06. The van der Waals surface area contributed by atoms with Crippen LogP contribution < -0.4 is 11.1 Å². The highest BCUT2D eigenvalue weighted by atomic mass is 35.5. The smallest absolute Gasteiger partial charge is 0.236 e. The number of hydrogen-bond acceptors (Lipinski definition) is 3. The first-order valence-corrected chi connectivity index (χ1v) is 7.23. The van der Waals surface area contributed by atoms with Crippen molar-refractivity contribution >= 4 is 18.3 Å². The molecule has 0 heterocycles. The Morgan fingerprint density at radius 1 is 1.29 bits per heavy atom. The fraction of sp³-hybridized carbons (Fsp3) is 0.562. The highest BCUT2D eigenvalue weighted by Gasteiger charge is 2.17. The average Bonchev–Trinajstić information content (AvgIpc) is 2.43. The van der Waals surface area contributed by atoms with Crippen LogP contribution in [0.2, 0.25) is 0 Å². The molecular formula is C16H27ClN2O2. The van der Waals surface area contributed by atoms with Crippen molar-refractivity contribution in [3.8, 4) is 0 Å². The summed E-state index contributed by atoms with van der Waals surface area (Å²) in [4.78, 5) is 11.9. The van der Waals surface area contributed by atoms with Gasteiger partial charge in [-0.1, -0.05) is 44.2 Å². The van der Waals surface area contributed by atoms with E-state index in [0.717, 1.165) is 5.56 Å². The van der Waals surface area contributed by atoms with Crippen LogP contribution in [0, 0.1) is 5.92 Å². The predicted molar refractivity (Wildman–Crippen MR) is 88.6 cm³/mol. The monoisotopic (exact) mass is 314 g/mol. The minimum absolute atomic E-state index is 0. The first-order chi connectivity index (χ1) is 9.54. The molecule has 0 aliphatic carbocycles. The van der Waals surface area contributed by atoms with Crippen LogP contribution in [0.1, 0.15) is 38.2 Å². The van der Waals surface area contributed by atoms with Gasteiger partial charge in [0.15, 0.2) is 0 Å². The number of nitrogens with two attached hydrogens (primary N) is 1. The second-order valence-electron chi connectivity index (χ2n) is 5.60. The Morgan fingerprint density at radius 3 is 2.43 bits per heavy atom. The maximum atomic E-state index is 11.9. The van der Waals surface area contributed by atoms with Crippen molar-refractivity contribution < 1.29 is 9.90 Å². The molecule has 21 heavy (non-hydrogen) atoms. The van der Waals surface area contributed by atoms with Gasteiger partial charge in [0.2, 0.25) is 5.91 Å². The van der Waals surface area contributed by atoms with Gasteiger partial charge in [-0.05, 0) is 24.3 Å². The Bertz CT molecular complexity index is 399. The van der Waals surface area contributed by atoms with Crippen LogP contribution in [0.25, 0.3) is 0 Å². The zero-order chi connectivity index (χ0) is 15.0. The number of nitrogens with one attached hydrogen (secondary N) is 1. The second-order valence-corrected chi connectivity index (χ2v) is 5.60. The zero-order valence-electron chi connectivity index (χ0n) is 12.8. The number of amides is 1. The van der Waals surface area contributed by atoms with E-state index in [1.165, 1.54) is 0 Å². The van der Waals surface area contributed by atoms with Crippen LogP contribution in [0.15, 0.2) is 30.3 Å². The van der Waals surface area contributed by atoms with Crippen LogP contribution in [-0.2, 0) is 4.79 Å². The van der Waals surface area contributed by atoms with E-state index in [1.54, 1.807) is 0 Å². The minimum atomic E-state index is -0.458. The Morgan fingerprint density at radius 2 is 1.90 bits per heavy atom. The second kappa shape index (κ2) is 10.6. The normalized spacial score (nSPS) is 13.4. The van der Waals surface area contributed by atoms with E-state index in [4.69, 9.17) is 10.8 Å². The lowest BCUT2D eigenvalue weighted by atomic mass is 9.95. The molecule has 1 unspecified atom stereocenters. The summed E-state index contributed by atoms with van der Waals surface area (Å²) >= 11 is 0. The van der Waals surface area contributed by atoms with Gasteiger partial charge in [0.1, 0.15) is 0 Å². The molecule has 2 atom stereocenters. The lowest BCUT2D eigenvalue weighted by Crippen LogP contribution is -2.42. The molecule has 1 aromatic rings. The minimum Gasteiger partial charge on any atom is -0.396 e. The number of rotatable bonds is 8. The SMILES string of the molecule is CC(C)C[C@H](N)C(=O)NCC(CCO)c1ccccc1.Cl. The molecule has 4 N–H and O–H groups in total. The van der Waals surface area contributed by atoms with E-state index in [0.29, 0.717) is 25.3 Å². The van der Waals surface area contributed by atoms with Gasteiger partial charge in [0.25, 0.3) is 0 Å². The molecule has 0 aliphatic heterocycles. The van der Waals surface area contributed by atoms with Crippen LogP contribution in [0.4, 0.5) is 0 Å². The summed E-state index contributed by atoms with van der Waals surface area (Å²) in [5.74, 6) is 0.409. The van der Waals surface area contributed by atoms with Crippen LogP contribution in [0.3, 0.4) is 0 Å². The average molecular weight is 315 g/mol. The number of halogens is 1. The standard InChI is InChI=1S/C16H26N2O2.ClH/c1-12(2)10-15(17)16(20)18-11-14(8-9-19)13-6-4-3-5-7-13;/h3-7,12,14-15,19H,8-11,17H2,1-2H3,(H,18,20);1H/t14?,15-;/m0./s1. The molecule has 0 spiro atoms. The molecule has 1 rings (SSSR count). The Balaban J connectivity index is 0.00000400. The summed E-state index contributed by atoms with van der Waals surface area (Å²) in [5, 5.41) is 12.1. The van der Waals surface area contributed by atoms with Gasteiger partial charge in [0.05, 0.1) is 6.04 Å². The highest BCUT2D eigenvalue weighted by Crippen LogP contribution is 2.18. The van der Waals surface area contributed by atoms with E-state index in [-0.39, 0.29) is 30.8 Å². The van der Waals surface area contributed by atoms with Gasteiger partial charge in [-0.25, -0.2) is 0 Å². The summed E-state index contributed by atoms with van der Waals surface area (Å²) in [5.41, 5.74) is 6.98. The van der Waals surface area contributed by atoms with Gasteiger partial charge in [-0.15, -0.1) is 12.4 Å². The Kier molecular flexibility index (Phi) is 10.0. The van der Waals surface area contributed by atoms with Crippen molar-refractivity contribution in [3.63, 3.8) is 0 Å². The largest absolute Gasteiger partial charge is 0.396 e. The molecule has 120 valence electrons. The third-order valence-corrected chi connectivity index (χ3v) is 3.33. The summed E-state index contributed by atoms with van der Waals surface area (Å²) in [7, 11) is 0. The molecule has 0 bridgehead atoms. The molecule has 0 radical (unpaired) electrons. The van der Waals surface area contributed by atoms with Crippen molar-refractivity contribution in [2.45, 2.75) is 38.6 Å². The van der Waals surface area contributed by atoms with Crippen molar-refractivity contribution in [1.82, 2.24) is 5.32 Å². The summed E-state index contributed by atoms with van der Waals surface area (Å²) in [6, 6.07) is 9.45. The van der Waals surface area contributed by atoms with Crippen LogP contribution in [-0.4, -0.2) is 30.2 Å². The number of carbonyl (C=O) groups excluding carboxylic acids is 1. The van der Waals surface area contributed by atoms with E-state index >= 15 is 0 Å². The van der Waals surface area contributed by atoms with Gasteiger partial charge in [-0.2, -0.15) is 0 Å². The fourth-order valence-corrected chi connectivity index (χ4v) is 2.24. The molecule has 1 aromatic carbocycles. The quantitative estimate of drug-likeness (QED) is 0.687. The molecule has 0 fully saturated rings. The summed E-state index contributed by atoms with van der Waals surface area (Å²) in [6.45, 7) is 4.71. The van der Waals surface area contributed by atoms with E-state index in [1.807, 2.05) is 44.2 Å². The van der Waals surface area contributed by atoms with Gasteiger partial charge in [0, 0.05) is 19.1 Å². The van der Waals surface area contributed by atoms with Crippen LogP contribution in [0.5, 0.6) is 0 Å². The molecule has 0 aromatic heterocycles. The van der Waals surface area contributed by atoms with Crippen molar-refractivity contribution in [2.24, 2.45) is 11.7 Å².